The molecule has 0 radical (unpaired) electrons. The lowest BCUT2D eigenvalue weighted by Gasteiger charge is -2.30. The van der Waals surface area contributed by atoms with Crippen molar-refractivity contribution in [1.29, 1.82) is 0 Å². The summed E-state index contributed by atoms with van der Waals surface area (Å²) >= 11 is 5.99. The van der Waals surface area contributed by atoms with Gasteiger partial charge in [0.05, 0.1) is 22.9 Å². The van der Waals surface area contributed by atoms with Crippen LogP contribution < -0.4 is 4.74 Å². The topological polar surface area (TPSA) is 90.0 Å². The SMILES string of the molecule is COc1ccc(C(=O)COC(=O)C2CCN(S(=O)(=O)c3ccc(F)c(F)c3)CC2)cc1Cl. The van der Waals surface area contributed by atoms with Gasteiger partial charge in [0.2, 0.25) is 10.0 Å². The Kier molecular flexibility index (Phi) is 7.47. The van der Waals surface area contributed by atoms with Crippen LogP contribution in [0.25, 0.3) is 0 Å². The molecule has 0 aliphatic carbocycles. The van der Waals surface area contributed by atoms with Gasteiger partial charge in [-0.05, 0) is 49.2 Å². The van der Waals surface area contributed by atoms with Gasteiger partial charge >= 0.3 is 5.97 Å². The highest BCUT2D eigenvalue weighted by Gasteiger charge is 2.33. The van der Waals surface area contributed by atoms with Crippen molar-refractivity contribution >= 4 is 33.4 Å². The summed E-state index contributed by atoms with van der Waals surface area (Å²) in [5.41, 5.74) is 0.260. The van der Waals surface area contributed by atoms with Gasteiger partial charge in [0.15, 0.2) is 24.0 Å². The fourth-order valence-corrected chi connectivity index (χ4v) is 5.04. The summed E-state index contributed by atoms with van der Waals surface area (Å²) in [7, 11) is -2.58. The van der Waals surface area contributed by atoms with Crippen molar-refractivity contribution < 1.29 is 36.3 Å². The summed E-state index contributed by atoms with van der Waals surface area (Å²) in [6.07, 6.45) is 0.342. The monoisotopic (exact) mass is 487 g/mol. The number of hydrogen-bond acceptors (Lipinski definition) is 6. The van der Waals surface area contributed by atoms with Crippen molar-refractivity contribution in [2.45, 2.75) is 17.7 Å². The van der Waals surface area contributed by atoms with Gasteiger partial charge in [0.1, 0.15) is 5.75 Å². The summed E-state index contributed by atoms with van der Waals surface area (Å²) in [5, 5.41) is 0.249. The first-order chi connectivity index (χ1) is 15.1. The second-order valence-electron chi connectivity index (χ2n) is 7.13. The maximum Gasteiger partial charge on any atom is 0.309 e. The molecular weight excluding hydrogens is 468 g/mol. The Hall–Kier alpha value is -2.56. The summed E-state index contributed by atoms with van der Waals surface area (Å²) in [6.45, 7) is -0.471. The van der Waals surface area contributed by atoms with E-state index in [4.69, 9.17) is 21.1 Å². The van der Waals surface area contributed by atoms with Gasteiger partial charge in [-0.1, -0.05) is 11.6 Å². The number of ketones is 1. The molecule has 172 valence electrons. The predicted octanol–water partition coefficient (Wildman–Crippen LogP) is 3.45. The van der Waals surface area contributed by atoms with Crippen LogP contribution in [0, 0.1) is 17.6 Å². The smallest absolute Gasteiger partial charge is 0.309 e. The number of hydrogen-bond donors (Lipinski definition) is 0. The molecule has 0 aromatic heterocycles. The van der Waals surface area contributed by atoms with E-state index in [-0.39, 0.29) is 41.4 Å². The molecule has 2 aromatic rings. The molecule has 3 rings (SSSR count). The van der Waals surface area contributed by atoms with E-state index in [2.05, 4.69) is 0 Å². The molecule has 1 heterocycles. The van der Waals surface area contributed by atoms with Crippen LogP contribution in [-0.2, 0) is 19.6 Å². The van der Waals surface area contributed by atoms with Crippen molar-refractivity contribution in [3.8, 4) is 5.75 Å². The summed E-state index contributed by atoms with van der Waals surface area (Å²) in [5.74, 6) is -3.63. The minimum Gasteiger partial charge on any atom is -0.495 e. The van der Waals surface area contributed by atoms with E-state index >= 15 is 0 Å². The second kappa shape index (κ2) is 9.93. The lowest BCUT2D eigenvalue weighted by molar-refractivity contribution is -0.148. The number of halogens is 3. The van der Waals surface area contributed by atoms with Gasteiger partial charge < -0.3 is 9.47 Å². The van der Waals surface area contributed by atoms with Crippen molar-refractivity contribution in [3.63, 3.8) is 0 Å². The maximum atomic E-state index is 13.4. The summed E-state index contributed by atoms with van der Waals surface area (Å²) < 4.78 is 63.0. The average molecular weight is 488 g/mol. The van der Waals surface area contributed by atoms with Crippen LogP contribution in [0.4, 0.5) is 8.78 Å². The van der Waals surface area contributed by atoms with Crippen molar-refractivity contribution in [2.24, 2.45) is 5.92 Å². The predicted molar refractivity (Wildman–Crippen MR) is 111 cm³/mol. The Morgan fingerprint density at radius 3 is 2.38 bits per heavy atom. The molecule has 2 aromatic carbocycles. The number of Topliss-reactive ketones (excluding diaryl/α,β-unsaturated/α-hetero) is 1. The van der Waals surface area contributed by atoms with Crippen LogP contribution in [0.5, 0.6) is 5.75 Å². The zero-order valence-corrected chi connectivity index (χ0v) is 18.6. The lowest BCUT2D eigenvalue weighted by atomic mass is 9.98. The molecule has 0 N–H and O–H groups in total. The minimum atomic E-state index is -4.02. The first-order valence-corrected chi connectivity index (χ1v) is 11.4. The molecule has 0 bridgehead atoms. The Morgan fingerprint density at radius 1 is 1.09 bits per heavy atom. The Labute approximate surface area is 188 Å². The Morgan fingerprint density at radius 2 is 1.78 bits per heavy atom. The van der Waals surface area contributed by atoms with Crippen LogP contribution in [0.15, 0.2) is 41.3 Å². The molecule has 32 heavy (non-hydrogen) atoms. The molecule has 11 heteroatoms. The Bertz CT molecular complexity index is 1130. The highest BCUT2D eigenvalue weighted by molar-refractivity contribution is 7.89. The number of carbonyl (C=O) groups excluding carboxylic acids is 2. The third-order valence-electron chi connectivity index (χ3n) is 5.14. The van der Waals surface area contributed by atoms with E-state index in [1.165, 1.54) is 25.3 Å². The molecule has 0 spiro atoms. The molecule has 0 saturated carbocycles. The highest BCUT2D eigenvalue weighted by atomic mass is 35.5. The lowest BCUT2D eigenvalue weighted by Crippen LogP contribution is -2.40. The van der Waals surface area contributed by atoms with Gasteiger partial charge in [-0.3, -0.25) is 9.59 Å². The minimum absolute atomic E-state index is 0.00310. The number of nitrogens with zero attached hydrogens (tertiary/aromatic N) is 1. The summed E-state index contributed by atoms with van der Waals surface area (Å²) in [6, 6.07) is 6.81. The molecule has 1 saturated heterocycles. The van der Waals surface area contributed by atoms with Gasteiger partial charge in [0.25, 0.3) is 0 Å². The van der Waals surface area contributed by atoms with E-state index in [0.29, 0.717) is 11.8 Å². The third-order valence-corrected chi connectivity index (χ3v) is 7.33. The number of benzene rings is 2. The van der Waals surface area contributed by atoms with E-state index in [9.17, 15) is 26.8 Å². The van der Waals surface area contributed by atoms with Crippen LogP contribution in [-0.4, -0.2) is 51.3 Å². The number of carbonyl (C=O) groups is 2. The van der Waals surface area contributed by atoms with E-state index in [0.717, 1.165) is 16.4 Å². The number of esters is 1. The highest BCUT2D eigenvalue weighted by Crippen LogP contribution is 2.27. The van der Waals surface area contributed by atoms with Crippen molar-refractivity contribution in [3.05, 3.63) is 58.6 Å². The van der Waals surface area contributed by atoms with Crippen molar-refractivity contribution in [2.75, 3.05) is 26.8 Å². The zero-order valence-electron chi connectivity index (χ0n) is 17.0. The standard InChI is InChI=1S/C21H20ClF2NO6S/c1-30-20-5-2-14(10-16(20)22)19(26)12-31-21(27)13-6-8-25(9-7-13)32(28,29)15-3-4-17(23)18(24)11-15/h2-5,10-11,13H,6-9,12H2,1H3. The third kappa shape index (κ3) is 5.25. The molecule has 1 fully saturated rings. The van der Waals surface area contributed by atoms with Gasteiger partial charge in [0, 0.05) is 18.7 Å². The van der Waals surface area contributed by atoms with Crippen LogP contribution in [0.3, 0.4) is 0 Å². The number of methoxy groups -OCH3 is 1. The van der Waals surface area contributed by atoms with Crippen LogP contribution >= 0.6 is 11.6 Å². The molecule has 0 atom stereocenters. The molecular formula is C21H20ClF2NO6S. The fraction of sp³-hybridized carbons (Fsp3) is 0.333. The average Bonchev–Trinajstić information content (AvgIpc) is 2.78. The Balaban J connectivity index is 1.54. The first-order valence-electron chi connectivity index (χ1n) is 9.62. The number of piperidine rings is 1. The molecule has 0 unspecified atom stereocenters. The maximum absolute atomic E-state index is 13.4. The van der Waals surface area contributed by atoms with Crippen LogP contribution in [0.1, 0.15) is 23.2 Å². The molecule has 1 aliphatic rings. The fourth-order valence-electron chi connectivity index (χ4n) is 3.30. The molecule has 1 aliphatic heterocycles. The number of ether oxygens (including phenoxy) is 2. The zero-order chi connectivity index (χ0) is 23.5. The molecule has 7 nitrogen and oxygen atoms in total. The quantitative estimate of drug-likeness (QED) is 0.439. The first kappa shape index (κ1) is 24.1. The summed E-state index contributed by atoms with van der Waals surface area (Å²) in [4.78, 5) is 24.2. The van der Waals surface area contributed by atoms with E-state index < -0.39 is 45.9 Å². The largest absolute Gasteiger partial charge is 0.495 e. The normalized spacial score (nSPS) is 15.4. The van der Waals surface area contributed by atoms with Gasteiger partial charge in [-0.15, -0.1) is 0 Å². The van der Waals surface area contributed by atoms with Gasteiger partial charge in [-0.25, -0.2) is 17.2 Å². The van der Waals surface area contributed by atoms with Crippen molar-refractivity contribution in [1.82, 2.24) is 4.31 Å². The number of rotatable bonds is 7. The molecule has 0 amide bonds. The van der Waals surface area contributed by atoms with E-state index in [1.54, 1.807) is 0 Å². The van der Waals surface area contributed by atoms with Crippen LogP contribution in [0.2, 0.25) is 5.02 Å². The van der Waals surface area contributed by atoms with Gasteiger partial charge in [-0.2, -0.15) is 4.31 Å². The van der Waals surface area contributed by atoms with E-state index in [1.807, 2.05) is 0 Å². The second-order valence-corrected chi connectivity index (χ2v) is 9.48. The number of sulfonamides is 1.